The first-order valence-corrected chi connectivity index (χ1v) is 9.85. The molecule has 0 unspecified atom stereocenters. The van der Waals surface area contributed by atoms with E-state index in [1.807, 2.05) is 20.8 Å². The summed E-state index contributed by atoms with van der Waals surface area (Å²) in [4.78, 5) is 13.8. The molecule has 1 aromatic rings. The number of carbonyl (C=O) groups is 1. The Morgan fingerprint density at radius 2 is 1.88 bits per heavy atom. The molecule has 0 N–H and O–H groups in total. The van der Waals surface area contributed by atoms with Crippen molar-refractivity contribution < 1.29 is 17.9 Å². The van der Waals surface area contributed by atoms with Crippen molar-refractivity contribution >= 4 is 27.5 Å². The van der Waals surface area contributed by atoms with Crippen LogP contribution in [0.5, 0.6) is 0 Å². The van der Waals surface area contributed by atoms with Gasteiger partial charge in [-0.1, -0.05) is 17.7 Å². The van der Waals surface area contributed by atoms with Crippen LogP contribution >= 0.6 is 11.6 Å². The van der Waals surface area contributed by atoms with Crippen molar-refractivity contribution in [2.75, 3.05) is 13.1 Å². The number of ether oxygens (including phenoxy) is 1. The number of benzene rings is 1. The second-order valence-electron chi connectivity index (χ2n) is 7.36. The Morgan fingerprint density at radius 3 is 2.33 bits per heavy atom. The molecule has 0 aromatic heterocycles. The van der Waals surface area contributed by atoms with Crippen molar-refractivity contribution in [1.29, 1.82) is 0 Å². The quantitative estimate of drug-likeness (QED) is 0.807. The molecule has 1 aliphatic rings. The Bertz CT molecular complexity index is 731. The average molecular weight is 374 g/mol. The molecule has 0 spiro atoms. The predicted octanol–water partition coefficient (Wildman–Crippen LogP) is 3.86. The van der Waals surface area contributed by atoms with Gasteiger partial charge in [0.1, 0.15) is 5.60 Å². The van der Waals surface area contributed by atoms with Gasteiger partial charge < -0.3 is 9.64 Å². The van der Waals surface area contributed by atoms with Crippen LogP contribution in [0.2, 0.25) is 5.02 Å². The van der Waals surface area contributed by atoms with Gasteiger partial charge in [-0.15, -0.1) is 0 Å². The highest BCUT2D eigenvalue weighted by molar-refractivity contribution is 7.92. The number of amides is 1. The summed E-state index contributed by atoms with van der Waals surface area (Å²) >= 11 is 6.28. The van der Waals surface area contributed by atoms with Gasteiger partial charge in [0.05, 0.1) is 10.1 Å². The molecular weight excluding hydrogens is 350 g/mol. The van der Waals surface area contributed by atoms with Crippen LogP contribution in [0.3, 0.4) is 0 Å². The van der Waals surface area contributed by atoms with Crippen LogP contribution in [0.1, 0.15) is 46.1 Å². The Labute approximate surface area is 148 Å². The lowest BCUT2D eigenvalue weighted by Crippen LogP contribution is -2.50. The molecule has 1 saturated heterocycles. The fourth-order valence-corrected chi connectivity index (χ4v) is 3.92. The number of hydrogen-bond donors (Lipinski definition) is 0. The lowest BCUT2D eigenvalue weighted by Gasteiger charge is -2.40. The zero-order valence-electron chi connectivity index (χ0n) is 14.7. The molecule has 1 aromatic carbocycles. The van der Waals surface area contributed by atoms with Gasteiger partial charge in [-0.05, 0) is 52.3 Å². The smallest absolute Gasteiger partial charge is 0.410 e. The molecule has 24 heavy (non-hydrogen) atoms. The van der Waals surface area contributed by atoms with Crippen LogP contribution in [0, 0.1) is 0 Å². The first-order valence-electron chi connectivity index (χ1n) is 7.93. The standard InChI is InChI=1S/C17H24ClNO4S/c1-11(2)24(21,22)13-6-7-14(15(18)8-13)12-9-19(10-12)16(20)23-17(3,4)5/h6-8,11-12H,9-10H2,1-5H3. The maximum Gasteiger partial charge on any atom is 0.410 e. The molecule has 0 radical (unpaired) electrons. The Morgan fingerprint density at radius 1 is 1.29 bits per heavy atom. The van der Waals surface area contributed by atoms with Gasteiger partial charge in [0.15, 0.2) is 9.84 Å². The SMILES string of the molecule is CC(C)S(=O)(=O)c1ccc(C2CN(C(=O)OC(C)(C)C)C2)c(Cl)c1. The number of carbonyl (C=O) groups excluding carboxylic acids is 1. The summed E-state index contributed by atoms with van der Waals surface area (Å²) in [6, 6.07) is 4.84. The maximum atomic E-state index is 12.2. The van der Waals surface area contributed by atoms with Gasteiger partial charge in [-0.25, -0.2) is 13.2 Å². The van der Waals surface area contributed by atoms with Crippen molar-refractivity contribution in [3.63, 3.8) is 0 Å². The fourth-order valence-electron chi connectivity index (χ4n) is 2.44. The number of halogens is 1. The van der Waals surface area contributed by atoms with Gasteiger partial charge in [0.2, 0.25) is 0 Å². The van der Waals surface area contributed by atoms with Gasteiger partial charge in [-0.2, -0.15) is 0 Å². The summed E-state index contributed by atoms with van der Waals surface area (Å²) < 4.78 is 29.7. The van der Waals surface area contributed by atoms with Crippen molar-refractivity contribution in [2.45, 2.75) is 56.3 Å². The Balaban J connectivity index is 2.07. The third-order valence-corrected chi connectivity index (χ3v) is 6.37. The summed E-state index contributed by atoms with van der Waals surface area (Å²) in [6.45, 7) is 9.80. The molecule has 1 aliphatic heterocycles. The summed E-state index contributed by atoms with van der Waals surface area (Å²) in [5.41, 5.74) is 0.339. The van der Waals surface area contributed by atoms with E-state index in [-0.39, 0.29) is 16.9 Å². The molecule has 0 aliphatic carbocycles. The van der Waals surface area contributed by atoms with Gasteiger partial charge in [0, 0.05) is 24.0 Å². The molecule has 1 heterocycles. The topological polar surface area (TPSA) is 63.7 Å². The third kappa shape index (κ3) is 4.03. The summed E-state index contributed by atoms with van der Waals surface area (Å²) in [5, 5.41) is -0.0728. The predicted molar refractivity (Wildman–Crippen MR) is 94.3 cm³/mol. The molecule has 5 nitrogen and oxygen atoms in total. The largest absolute Gasteiger partial charge is 0.444 e. The molecule has 0 saturated carbocycles. The second kappa shape index (κ2) is 6.56. The summed E-state index contributed by atoms with van der Waals surface area (Å²) in [7, 11) is -3.34. The van der Waals surface area contributed by atoms with E-state index in [4.69, 9.17) is 16.3 Å². The molecule has 1 fully saturated rings. The number of rotatable bonds is 3. The van der Waals surface area contributed by atoms with Crippen LogP contribution < -0.4 is 0 Å². The molecule has 0 bridgehead atoms. The van der Waals surface area contributed by atoms with Gasteiger partial charge in [0.25, 0.3) is 0 Å². The van der Waals surface area contributed by atoms with Crippen molar-refractivity contribution in [3.05, 3.63) is 28.8 Å². The lowest BCUT2D eigenvalue weighted by molar-refractivity contribution is 0.00819. The van der Waals surface area contributed by atoms with Crippen LogP contribution in [-0.2, 0) is 14.6 Å². The fraction of sp³-hybridized carbons (Fsp3) is 0.588. The van der Waals surface area contributed by atoms with Crippen molar-refractivity contribution in [2.24, 2.45) is 0 Å². The molecule has 7 heteroatoms. The maximum absolute atomic E-state index is 12.2. The van der Waals surface area contributed by atoms with E-state index in [1.165, 1.54) is 6.07 Å². The van der Waals surface area contributed by atoms with Gasteiger partial charge >= 0.3 is 6.09 Å². The van der Waals surface area contributed by atoms with Crippen LogP contribution in [0.4, 0.5) is 4.79 Å². The van der Waals surface area contributed by atoms with E-state index in [0.29, 0.717) is 18.1 Å². The lowest BCUT2D eigenvalue weighted by atomic mass is 9.92. The molecule has 0 atom stereocenters. The monoisotopic (exact) mass is 373 g/mol. The van der Waals surface area contributed by atoms with Crippen LogP contribution in [0.25, 0.3) is 0 Å². The zero-order valence-corrected chi connectivity index (χ0v) is 16.2. The molecule has 2 rings (SSSR count). The van der Waals surface area contributed by atoms with Crippen molar-refractivity contribution in [1.82, 2.24) is 4.90 Å². The molecular formula is C17H24ClNO4S. The van der Waals surface area contributed by atoms with E-state index in [9.17, 15) is 13.2 Å². The molecule has 1 amide bonds. The van der Waals surface area contributed by atoms with E-state index in [2.05, 4.69) is 0 Å². The third-order valence-electron chi connectivity index (χ3n) is 3.89. The van der Waals surface area contributed by atoms with E-state index in [0.717, 1.165) is 5.56 Å². The van der Waals surface area contributed by atoms with Crippen LogP contribution in [0.15, 0.2) is 23.1 Å². The molecule has 134 valence electrons. The average Bonchev–Trinajstić information content (AvgIpc) is 2.36. The minimum Gasteiger partial charge on any atom is -0.444 e. The first kappa shape index (κ1) is 19.1. The number of nitrogens with zero attached hydrogens (tertiary/aromatic N) is 1. The second-order valence-corrected chi connectivity index (χ2v) is 10.3. The number of hydrogen-bond acceptors (Lipinski definition) is 4. The Kier molecular flexibility index (Phi) is 5.21. The van der Waals surface area contributed by atoms with Crippen molar-refractivity contribution in [3.8, 4) is 0 Å². The minimum atomic E-state index is -3.34. The Hall–Kier alpha value is -1.27. The van der Waals surface area contributed by atoms with E-state index < -0.39 is 20.7 Å². The minimum absolute atomic E-state index is 0.0980. The van der Waals surface area contributed by atoms with Gasteiger partial charge in [-0.3, -0.25) is 0 Å². The normalized spacial score (nSPS) is 16.2. The first-order chi connectivity index (χ1) is 10.9. The van der Waals surface area contributed by atoms with E-state index >= 15 is 0 Å². The number of sulfone groups is 1. The highest BCUT2D eigenvalue weighted by Crippen LogP contribution is 2.34. The zero-order chi connectivity index (χ0) is 18.3. The highest BCUT2D eigenvalue weighted by atomic mass is 35.5. The highest BCUT2D eigenvalue weighted by Gasteiger charge is 2.35. The van der Waals surface area contributed by atoms with E-state index in [1.54, 1.807) is 30.9 Å². The van der Waals surface area contributed by atoms with Crippen LogP contribution in [-0.4, -0.2) is 43.4 Å². The summed E-state index contributed by atoms with van der Waals surface area (Å²) in [6.07, 6.45) is -0.339. The summed E-state index contributed by atoms with van der Waals surface area (Å²) in [5.74, 6) is 0.0980. The number of likely N-dealkylation sites (tertiary alicyclic amines) is 1.